The molecular weight excluding hydrogens is 348 g/mol. The van der Waals surface area contributed by atoms with E-state index in [1.807, 2.05) is 37.3 Å². The minimum Gasteiger partial charge on any atom is -0.494 e. The van der Waals surface area contributed by atoms with E-state index in [1.54, 1.807) is 12.3 Å². The van der Waals surface area contributed by atoms with E-state index >= 15 is 0 Å². The molecule has 0 saturated carbocycles. The zero-order chi connectivity index (χ0) is 19.2. The average Bonchev–Trinajstić information content (AvgIpc) is 2.66. The third-order valence-corrected chi connectivity index (χ3v) is 3.46. The van der Waals surface area contributed by atoms with Gasteiger partial charge in [0, 0.05) is 11.9 Å². The summed E-state index contributed by atoms with van der Waals surface area (Å²) in [7, 11) is 1.46. The van der Waals surface area contributed by atoms with Gasteiger partial charge in [-0.15, -0.1) is 0 Å². The summed E-state index contributed by atoms with van der Waals surface area (Å²) in [5, 5.41) is 3.01. The molecule has 138 valence electrons. The first-order chi connectivity index (χ1) is 13.0. The summed E-state index contributed by atoms with van der Waals surface area (Å²) in [6, 6.07) is 11.1. The molecule has 0 spiro atoms. The Balaban J connectivity index is 1.71. The summed E-state index contributed by atoms with van der Waals surface area (Å²) < 4.78 is 10.4. The zero-order valence-electron chi connectivity index (χ0n) is 14.8. The predicted molar refractivity (Wildman–Crippen MR) is 98.6 cm³/mol. The normalized spacial score (nSPS) is 10.3. The van der Waals surface area contributed by atoms with Crippen molar-refractivity contribution in [2.24, 2.45) is 0 Å². The first-order valence-corrected chi connectivity index (χ1v) is 8.05. The van der Waals surface area contributed by atoms with E-state index in [9.17, 15) is 4.79 Å². The van der Waals surface area contributed by atoms with Gasteiger partial charge < -0.3 is 20.5 Å². The molecule has 0 aliphatic rings. The number of pyridine rings is 1. The Morgan fingerprint density at radius 1 is 1.19 bits per heavy atom. The van der Waals surface area contributed by atoms with Crippen LogP contribution >= 0.6 is 0 Å². The van der Waals surface area contributed by atoms with Crippen molar-refractivity contribution >= 4 is 23.6 Å². The van der Waals surface area contributed by atoms with Crippen molar-refractivity contribution in [3.05, 3.63) is 59.7 Å². The van der Waals surface area contributed by atoms with Crippen LogP contribution in [0.5, 0.6) is 5.75 Å². The molecule has 2 aromatic heterocycles. The van der Waals surface area contributed by atoms with Gasteiger partial charge in [0.05, 0.1) is 7.11 Å². The molecule has 9 nitrogen and oxygen atoms in total. The number of hydrogen-bond donors (Lipinski definition) is 2. The number of aromatic nitrogens is 4. The van der Waals surface area contributed by atoms with Gasteiger partial charge in [0.25, 0.3) is 0 Å². The summed E-state index contributed by atoms with van der Waals surface area (Å²) in [5.41, 5.74) is 7.45. The molecule has 0 bridgehead atoms. The Morgan fingerprint density at radius 3 is 2.70 bits per heavy atom. The van der Waals surface area contributed by atoms with Gasteiger partial charge in [-0.25, -0.2) is 9.78 Å². The highest BCUT2D eigenvalue weighted by molar-refractivity contribution is 5.90. The van der Waals surface area contributed by atoms with Gasteiger partial charge in [-0.3, -0.25) is 0 Å². The number of aryl methyl sites for hydroxylation is 1. The van der Waals surface area contributed by atoms with Crippen molar-refractivity contribution in [3.63, 3.8) is 0 Å². The van der Waals surface area contributed by atoms with Crippen molar-refractivity contribution in [3.8, 4) is 5.75 Å². The van der Waals surface area contributed by atoms with E-state index in [0.717, 1.165) is 11.3 Å². The molecule has 9 heteroatoms. The number of rotatable bonds is 6. The number of carbonyl (C=O) groups excluding carboxylic acids is 1. The summed E-state index contributed by atoms with van der Waals surface area (Å²) in [4.78, 5) is 28.6. The second-order valence-electron chi connectivity index (χ2n) is 5.56. The minimum atomic E-state index is -0.650. The summed E-state index contributed by atoms with van der Waals surface area (Å²) >= 11 is 0. The van der Waals surface area contributed by atoms with Gasteiger partial charge in [0.2, 0.25) is 11.9 Å². The van der Waals surface area contributed by atoms with E-state index in [4.69, 9.17) is 15.2 Å². The highest BCUT2D eigenvalue weighted by Gasteiger charge is 2.17. The van der Waals surface area contributed by atoms with Crippen molar-refractivity contribution < 1.29 is 14.3 Å². The van der Waals surface area contributed by atoms with Crippen molar-refractivity contribution in [2.45, 2.75) is 13.5 Å². The number of carbonyl (C=O) groups is 1. The Labute approximate surface area is 155 Å². The molecule has 0 aliphatic heterocycles. The van der Waals surface area contributed by atoms with E-state index in [1.165, 1.54) is 7.11 Å². The number of benzene rings is 1. The fourth-order valence-corrected chi connectivity index (χ4v) is 2.26. The second-order valence-corrected chi connectivity index (χ2v) is 5.56. The van der Waals surface area contributed by atoms with E-state index < -0.39 is 5.97 Å². The molecule has 3 aromatic rings. The Morgan fingerprint density at radius 2 is 1.96 bits per heavy atom. The molecule has 0 fully saturated rings. The average molecular weight is 366 g/mol. The Hall–Kier alpha value is -3.75. The van der Waals surface area contributed by atoms with Crippen LogP contribution in [0.15, 0.2) is 42.6 Å². The first-order valence-electron chi connectivity index (χ1n) is 8.05. The lowest BCUT2D eigenvalue weighted by Gasteiger charge is -2.09. The molecule has 27 heavy (non-hydrogen) atoms. The molecule has 2 heterocycles. The maximum absolute atomic E-state index is 12.3. The number of nitrogens with zero attached hydrogens (tertiary/aromatic N) is 4. The molecule has 0 atom stereocenters. The van der Waals surface area contributed by atoms with Crippen LogP contribution in [0.3, 0.4) is 0 Å². The van der Waals surface area contributed by atoms with Gasteiger partial charge in [-0.2, -0.15) is 15.0 Å². The van der Waals surface area contributed by atoms with Crippen molar-refractivity contribution in [1.29, 1.82) is 0 Å². The number of methoxy groups -OCH3 is 1. The van der Waals surface area contributed by atoms with Crippen LogP contribution in [-0.4, -0.2) is 33.0 Å². The van der Waals surface area contributed by atoms with Gasteiger partial charge in [-0.1, -0.05) is 18.2 Å². The molecule has 0 radical (unpaired) electrons. The lowest BCUT2D eigenvalue weighted by molar-refractivity contribution is 0.0451. The zero-order valence-corrected chi connectivity index (χ0v) is 14.8. The number of anilines is 3. The number of esters is 1. The lowest BCUT2D eigenvalue weighted by Crippen LogP contribution is -2.13. The highest BCUT2D eigenvalue weighted by atomic mass is 16.5. The SMILES string of the molecule is COc1cc(C)cnc1C(=O)OCc1nc(N)nc(Nc2ccccc2)n1. The van der Waals surface area contributed by atoms with E-state index in [0.29, 0.717) is 5.75 Å². The molecule has 0 amide bonds. The van der Waals surface area contributed by atoms with Crippen LogP contribution in [0.1, 0.15) is 21.9 Å². The maximum atomic E-state index is 12.3. The number of para-hydroxylation sites is 1. The summed E-state index contributed by atoms with van der Waals surface area (Å²) in [6.07, 6.45) is 1.56. The Bertz CT molecular complexity index is 949. The molecule has 3 rings (SSSR count). The summed E-state index contributed by atoms with van der Waals surface area (Å²) in [5.74, 6) is 0.164. The molecule has 1 aromatic carbocycles. The van der Waals surface area contributed by atoms with Crippen LogP contribution in [0.4, 0.5) is 17.6 Å². The van der Waals surface area contributed by atoms with Gasteiger partial charge in [0.1, 0.15) is 0 Å². The highest BCUT2D eigenvalue weighted by Crippen LogP contribution is 2.19. The summed E-state index contributed by atoms with van der Waals surface area (Å²) in [6.45, 7) is 1.66. The number of nitrogens with one attached hydrogen (secondary N) is 1. The fraction of sp³-hybridized carbons (Fsp3) is 0.167. The van der Waals surface area contributed by atoms with Gasteiger partial charge in [0.15, 0.2) is 23.9 Å². The predicted octanol–water partition coefficient (Wildman–Crippen LogP) is 2.27. The topological polar surface area (TPSA) is 125 Å². The molecule has 3 N–H and O–H groups in total. The third kappa shape index (κ3) is 4.66. The van der Waals surface area contributed by atoms with E-state index in [-0.39, 0.29) is 30.0 Å². The standard InChI is InChI=1S/C18H18N6O3/c1-11-8-13(26-2)15(20-9-11)16(25)27-10-14-22-17(19)24-18(23-14)21-12-6-4-3-5-7-12/h3-9H,10H2,1-2H3,(H3,19,21,22,23,24). The maximum Gasteiger partial charge on any atom is 0.361 e. The number of nitrogens with two attached hydrogens (primary N) is 1. The monoisotopic (exact) mass is 366 g/mol. The number of ether oxygens (including phenoxy) is 2. The van der Waals surface area contributed by atoms with Crippen LogP contribution in [-0.2, 0) is 11.3 Å². The molecule has 0 saturated heterocycles. The van der Waals surface area contributed by atoms with Crippen LogP contribution < -0.4 is 15.8 Å². The molecular formula is C18H18N6O3. The Kier molecular flexibility index (Phi) is 5.41. The fourth-order valence-electron chi connectivity index (χ4n) is 2.26. The number of nitrogen functional groups attached to an aromatic ring is 1. The third-order valence-electron chi connectivity index (χ3n) is 3.46. The second kappa shape index (κ2) is 8.09. The van der Waals surface area contributed by atoms with Gasteiger partial charge in [-0.05, 0) is 30.7 Å². The van der Waals surface area contributed by atoms with Crippen molar-refractivity contribution in [1.82, 2.24) is 19.9 Å². The quantitative estimate of drug-likeness (QED) is 0.632. The molecule has 0 unspecified atom stereocenters. The van der Waals surface area contributed by atoms with Crippen LogP contribution in [0.2, 0.25) is 0 Å². The largest absolute Gasteiger partial charge is 0.494 e. The van der Waals surface area contributed by atoms with E-state index in [2.05, 4.69) is 25.3 Å². The first kappa shape index (κ1) is 18.1. The molecule has 0 aliphatic carbocycles. The smallest absolute Gasteiger partial charge is 0.361 e. The van der Waals surface area contributed by atoms with Crippen LogP contribution in [0, 0.1) is 6.92 Å². The van der Waals surface area contributed by atoms with Crippen molar-refractivity contribution in [2.75, 3.05) is 18.2 Å². The minimum absolute atomic E-state index is 0.0144. The van der Waals surface area contributed by atoms with Crippen LogP contribution in [0.25, 0.3) is 0 Å². The lowest BCUT2D eigenvalue weighted by atomic mass is 10.2. The van der Waals surface area contributed by atoms with Gasteiger partial charge >= 0.3 is 5.97 Å². The number of hydrogen-bond acceptors (Lipinski definition) is 9.